The Morgan fingerprint density at radius 3 is 2.70 bits per heavy atom. The summed E-state index contributed by atoms with van der Waals surface area (Å²) in [7, 11) is 1.69. The number of nitrogens with two attached hydrogens (primary N) is 1. The lowest BCUT2D eigenvalue weighted by Crippen LogP contribution is -2.21. The molecule has 2 rings (SSSR count). The molecule has 0 atom stereocenters. The predicted molar refractivity (Wildman–Crippen MR) is 69.0 cm³/mol. The van der Waals surface area contributed by atoms with Crippen LogP contribution in [-0.4, -0.2) is 22.9 Å². The summed E-state index contributed by atoms with van der Waals surface area (Å²) < 4.78 is 26.0. The number of carbonyl (C=O) groups is 1. The average Bonchev–Trinajstić information content (AvgIpc) is 2.43. The third-order valence-electron chi connectivity index (χ3n) is 2.67. The van der Waals surface area contributed by atoms with Crippen LogP contribution in [0.15, 0.2) is 30.6 Å². The number of halogens is 2. The molecule has 1 aromatic carbocycles. The molecule has 0 unspecified atom stereocenters. The quantitative estimate of drug-likeness (QED) is 0.919. The van der Waals surface area contributed by atoms with Crippen LogP contribution in [-0.2, 0) is 6.54 Å². The van der Waals surface area contributed by atoms with Gasteiger partial charge >= 0.3 is 0 Å². The molecular formula is C13H12F2N4O. The van der Waals surface area contributed by atoms with Crippen LogP contribution in [0.3, 0.4) is 0 Å². The van der Waals surface area contributed by atoms with Crippen molar-refractivity contribution in [3.05, 3.63) is 53.5 Å². The van der Waals surface area contributed by atoms with Gasteiger partial charge in [0.05, 0.1) is 12.4 Å². The maximum Gasteiger partial charge on any atom is 0.268 e. The van der Waals surface area contributed by atoms with E-state index in [4.69, 9.17) is 5.73 Å². The molecule has 0 aliphatic rings. The summed E-state index contributed by atoms with van der Waals surface area (Å²) in [6.07, 6.45) is 2.71. The molecule has 1 aromatic heterocycles. The zero-order valence-corrected chi connectivity index (χ0v) is 10.7. The monoisotopic (exact) mass is 278 g/mol. The Bertz CT molecular complexity index is 648. The highest BCUT2D eigenvalue weighted by Gasteiger charge is 2.10. The molecule has 0 spiro atoms. The first-order chi connectivity index (χ1) is 9.47. The predicted octanol–water partition coefficient (Wildman–Crippen LogP) is 1.49. The van der Waals surface area contributed by atoms with Crippen molar-refractivity contribution in [1.82, 2.24) is 9.97 Å². The molecule has 5 nitrogen and oxygen atoms in total. The van der Waals surface area contributed by atoms with Gasteiger partial charge in [-0.15, -0.1) is 0 Å². The van der Waals surface area contributed by atoms with Gasteiger partial charge in [-0.3, -0.25) is 9.78 Å². The van der Waals surface area contributed by atoms with Crippen molar-refractivity contribution in [3.63, 3.8) is 0 Å². The fourth-order valence-corrected chi connectivity index (χ4v) is 1.65. The van der Waals surface area contributed by atoms with Crippen LogP contribution in [0.5, 0.6) is 0 Å². The minimum absolute atomic E-state index is 0.0413. The van der Waals surface area contributed by atoms with E-state index in [1.807, 2.05) is 0 Å². The van der Waals surface area contributed by atoms with E-state index in [0.29, 0.717) is 11.4 Å². The maximum atomic E-state index is 13.1. The highest BCUT2D eigenvalue weighted by atomic mass is 19.2. The molecule has 1 heterocycles. The molecular weight excluding hydrogens is 266 g/mol. The first kappa shape index (κ1) is 13.9. The van der Waals surface area contributed by atoms with E-state index >= 15 is 0 Å². The minimum Gasteiger partial charge on any atom is -0.364 e. The minimum atomic E-state index is -0.909. The van der Waals surface area contributed by atoms with Gasteiger partial charge in [0.15, 0.2) is 11.6 Å². The molecule has 0 saturated carbocycles. The number of amides is 1. The van der Waals surface area contributed by atoms with Gasteiger partial charge in [0, 0.05) is 13.6 Å². The van der Waals surface area contributed by atoms with E-state index in [1.165, 1.54) is 18.5 Å². The van der Waals surface area contributed by atoms with Gasteiger partial charge in [-0.2, -0.15) is 0 Å². The molecule has 0 bridgehead atoms. The zero-order valence-electron chi connectivity index (χ0n) is 10.7. The normalized spacial score (nSPS) is 10.3. The topological polar surface area (TPSA) is 72.1 Å². The van der Waals surface area contributed by atoms with Gasteiger partial charge in [0.25, 0.3) is 5.91 Å². The summed E-state index contributed by atoms with van der Waals surface area (Å²) in [6.45, 7) is 0.286. The lowest BCUT2D eigenvalue weighted by Gasteiger charge is -2.18. The van der Waals surface area contributed by atoms with Crippen molar-refractivity contribution >= 4 is 11.7 Å². The summed E-state index contributed by atoms with van der Waals surface area (Å²) in [4.78, 5) is 20.6. The Morgan fingerprint density at radius 2 is 2.05 bits per heavy atom. The Balaban J connectivity index is 2.19. The first-order valence-corrected chi connectivity index (χ1v) is 5.74. The Kier molecular flexibility index (Phi) is 3.88. The summed E-state index contributed by atoms with van der Waals surface area (Å²) in [5, 5.41) is 0. The number of rotatable bonds is 4. The second-order valence-corrected chi connectivity index (χ2v) is 4.23. The summed E-state index contributed by atoms with van der Waals surface area (Å²) in [5.41, 5.74) is 5.73. The van der Waals surface area contributed by atoms with Gasteiger partial charge in [0.2, 0.25) is 0 Å². The standard InChI is InChI=1S/C13H12F2N4O/c1-19(7-8-2-3-9(14)10(15)4-8)12-6-17-5-11(18-12)13(16)20/h2-6H,7H2,1H3,(H2,16,20). The van der Waals surface area contributed by atoms with Crippen LogP contribution in [0.1, 0.15) is 16.1 Å². The van der Waals surface area contributed by atoms with Gasteiger partial charge < -0.3 is 10.6 Å². The smallest absolute Gasteiger partial charge is 0.268 e. The van der Waals surface area contributed by atoms with Crippen molar-refractivity contribution in [3.8, 4) is 0 Å². The largest absolute Gasteiger partial charge is 0.364 e. The SMILES string of the molecule is CN(Cc1ccc(F)c(F)c1)c1cncc(C(N)=O)n1. The van der Waals surface area contributed by atoms with Crippen molar-refractivity contribution in [1.29, 1.82) is 0 Å². The van der Waals surface area contributed by atoms with Gasteiger partial charge in [-0.1, -0.05) is 6.07 Å². The molecule has 2 aromatic rings. The summed E-state index contributed by atoms with van der Waals surface area (Å²) in [5.74, 6) is -2.08. The van der Waals surface area contributed by atoms with E-state index in [1.54, 1.807) is 11.9 Å². The first-order valence-electron chi connectivity index (χ1n) is 5.74. The molecule has 20 heavy (non-hydrogen) atoms. The second-order valence-electron chi connectivity index (χ2n) is 4.23. The fourth-order valence-electron chi connectivity index (χ4n) is 1.65. The maximum absolute atomic E-state index is 13.1. The number of carbonyl (C=O) groups excluding carboxylic acids is 1. The molecule has 0 saturated heterocycles. The number of aromatic nitrogens is 2. The molecule has 2 N–H and O–H groups in total. The van der Waals surface area contributed by atoms with Gasteiger partial charge in [0.1, 0.15) is 11.5 Å². The van der Waals surface area contributed by atoms with E-state index in [-0.39, 0.29) is 12.2 Å². The fraction of sp³-hybridized carbons (Fsp3) is 0.154. The van der Waals surface area contributed by atoms with E-state index in [0.717, 1.165) is 12.1 Å². The number of hydrogen-bond donors (Lipinski definition) is 1. The van der Waals surface area contributed by atoms with Crippen LogP contribution >= 0.6 is 0 Å². The average molecular weight is 278 g/mol. The van der Waals surface area contributed by atoms with Crippen LogP contribution in [0.2, 0.25) is 0 Å². The third-order valence-corrected chi connectivity index (χ3v) is 2.67. The summed E-state index contributed by atoms with van der Waals surface area (Å²) >= 11 is 0. The van der Waals surface area contributed by atoms with E-state index < -0.39 is 17.5 Å². The molecule has 0 radical (unpaired) electrons. The van der Waals surface area contributed by atoms with Gasteiger partial charge in [-0.25, -0.2) is 13.8 Å². The van der Waals surface area contributed by atoms with E-state index in [9.17, 15) is 13.6 Å². The lowest BCUT2D eigenvalue weighted by molar-refractivity contribution is 0.0995. The lowest BCUT2D eigenvalue weighted by atomic mass is 10.2. The summed E-state index contributed by atoms with van der Waals surface area (Å²) in [6, 6.07) is 3.64. The number of nitrogens with zero attached hydrogens (tertiary/aromatic N) is 3. The number of hydrogen-bond acceptors (Lipinski definition) is 4. The van der Waals surface area contributed by atoms with Crippen molar-refractivity contribution in [2.75, 3.05) is 11.9 Å². The molecule has 7 heteroatoms. The Labute approximate surface area is 114 Å². The number of benzene rings is 1. The Morgan fingerprint density at radius 1 is 1.30 bits per heavy atom. The van der Waals surface area contributed by atoms with Crippen LogP contribution in [0.4, 0.5) is 14.6 Å². The van der Waals surface area contributed by atoms with Crippen LogP contribution in [0, 0.1) is 11.6 Å². The zero-order chi connectivity index (χ0) is 14.7. The highest BCUT2D eigenvalue weighted by molar-refractivity contribution is 5.90. The molecule has 1 amide bonds. The third kappa shape index (κ3) is 3.05. The van der Waals surface area contributed by atoms with Crippen molar-refractivity contribution < 1.29 is 13.6 Å². The number of anilines is 1. The van der Waals surface area contributed by atoms with Crippen LogP contribution < -0.4 is 10.6 Å². The molecule has 104 valence electrons. The van der Waals surface area contributed by atoms with Gasteiger partial charge in [-0.05, 0) is 17.7 Å². The van der Waals surface area contributed by atoms with Crippen molar-refractivity contribution in [2.24, 2.45) is 5.73 Å². The molecule has 0 fully saturated rings. The van der Waals surface area contributed by atoms with Crippen molar-refractivity contribution in [2.45, 2.75) is 6.54 Å². The Hall–Kier alpha value is -2.57. The second kappa shape index (κ2) is 5.60. The highest BCUT2D eigenvalue weighted by Crippen LogP contribution is 2.14. The molecule has 0 aliphatic carbocycles. The van der Waals surface area contributed by atoms with Crippen LogP contribution in [0.25, 0.3) is 0 Å². The van der Waals surface area contributed by atoms with E-state index in [2.05, 4.69) is 9.97 Å². The molecule has 0 aliphatic heterocycles. The number of primary amides is 1.